The summed E-state index contributed by atoms with van der Waals surface area (Å²) in [6.07, 6.45) is -0.0629. The van der Waals surface area contributed by atoms with E-state index in [1.165, 1.54) is 23.5 Å². The van der Waals surface area contributed by atoms with Crippen LogP contribution in [0.1, 0.15) is 37.1 Å². The number of rotatable bonds is 9. The number of benzene rings is 1. The molecule has 0 aliphatic heterocycles. The molecule has 0 aliphatic carbocycles. The number of thiazole rings is 1. The predicted molar refractivity (Wildman–Crippen MR) is 91.0 cm³/mol. The van der Waals surface area contributed by atoms with E-state index in [1.54, 1.807) is 17.6 Å². The molecule has 1 heterocycles. The van der Waals surface area contributed by atoms with Gasteiger partial charge in [0.1, 0.15) is 5.75 Å². The normalized spacial score (nSPS) is 11.4. The van der Waals surface area contributed by atoms with Crippen molar-refractivity contribution in [1.29, 1.82) is 0 Å². The van der Waals surface area contributed by atoms with E-state index in [4.69, 9.17) is 5.21 Å². The highest BCUT2D eigenvalue weighted by Crippen LogP contribution is 2.27. The highest BCUT2D eigenvalue weighted by Gasteiger charge is 2.30. The summed E-state index contributed by atoms with van der Waals surface area (Å²) in [7, 11) is 0. The third-order valence-electron chi connectivity index (χ3n) is 3.60. The van der Waals surface area contributed by atoms with E-state index in [9.17, 15) is 18.0 Å². The van der Waals surface area contributed by atoms with E-state index in [1.807, 2.05) is 5.38 Å². The molecule has 26 heavy (non-hydrogen) atoms. The van der Waals surface area contributed by atoms with E-state index in [0.717, 1.165) is 48.4 Å². The molecule has 2 N–H and O–H groups in total. The van der Waals surface area contributed by atoms with Gasteiger partial charge in [0.25, 0.3) is 0 Å². The van der Waals surface area contributed by atoms with Crippen molar-refractivity contribution < 1.29 is 27.9 Å². The number of hydroxylamine groups is 1. The first-order valence-corrected chi connectivity index (χ1v) is 8.99. The number of hydrogen-bond acceptors (Lipinski definition) is 5. The van der Waals surface area contributed by atoms with Crippen LogP contribution in [0.4, 0.5) is 13.2 Å². The van der Waals surface area contributed by atoms with Crippen molar-refractivity contribution in [3.05, 3.63) is 34.7 Å². The van der Waals surface area contributed by atoms with E-state index < -0.39 is 6.36 Å². The second kappa shape index (κ2) is 9.54. The molecule has 2 aromatic rings. The van der Waals surface area contributed by atoms with Gasteiger partial charge in [-0.2, -0.15) is 0 Å². The van der Waals surface area contributed by atoms with Crippen LogP contribution >= 0.6 is 11.3 Å². The Hall–Kier alpha value is -2.13. The fraction of sp³-hybridized carbons (Fsp3) is 0.412. The van der Waals surface area contributed by atoms with Gasteiger partial charge in [0, 0.05) is 17.4 Å². The first kappa shape index (κ1) is 20.2. The lowest BCUT2D eigenvalue weighted by Gasteiger charge is -2.08. The molecule has 2 rings (SSSR count). The van der Waals surface area contributed by atoms with Crippen molar-refractivity contribution in [2.24, 2.45) is 0 Å². The van der Waals surface area contributed by atoms with Crippen LogP contribution in [-0.2, 0) is 11.2 Å². The summed E-state index contributed by atoms with van der Waals surface area (Å²) in [6.45, 7) is 0. The minimum absolute atomic E-state index is 0.258. The number of unbranched alkanes of at least 4 members (excludes halogenated alkanes) is 3. The van der Waals surface area contributed by atoms with Crippen LogP contribution in [0.25, 0.3) is 11.3 Å². The Kier molecular flexibility index (Phi) is 7.40. The number of ether oxygens (including phenoxy) is 1. The Balaban J connectivity index is 1.77. The summed E-state index contributed by atoms with van der Waals surface area (Å²) in [4.78, 5) is 15.4. The Bertz CT molecular complexity index is 702. The zero-order valence-electron chi connectivity index (χ0n) is 13.9. The Morgan fingerprint density at radius 1 is 1.15 bits per heavy atom. The van der Waals surface area contributed by atoms with Crippen LogP contribution in [-0.4, -0.2) is 22.5 Å². The summed E-state index contributed by atoms with van der Waals surface area (Å²) in [5.41, 5.74) is 3.06. The van der Waals surface area contributed by atoms with Crippen molar-refractivity contribution in [1.82, 2.24) is 10.5 Å². The summed E-state index contributed by atoms with van der Waals surface area (Å²) in [5.74, 6) is -0.632. The molecular formula is C17H19F3N2O3S. The van der Waals surface area contributed by atoms with Crippen LogP contribution in [0.3, 0.4) is 0 Å². The Labute approximate surface area is 152 Å². The number of aromatic nitrogens is 1. The third-order valence-corrected chi connectivity index (χ3v) is 4.51. The van der Waals surface area contributed by atoms with Gasteiger partial charge in [0.15, 0.2) is 0 Å². The van der Waals surface area contributed by atoms with Crippen LogP contribution in [0.2, 0.25) is 0 Å². The molecule has 0 saturated carbocycles. The molecule has 0 spiro atoms. The molecule has 0 unspecified atom stereocenters. The van der Waals surface area contributed by atoms with Crippen LogP contribution in [0.15, 0.2) is 29.6 Å². The lowest BCUT2D eigenvalue weighted by atomic mass is 10.1. The van der Waals surface area contributed by atoms with Crippen molar-refractivity contribution >= 4 is 17.2 Å². The molecule has 0 bridgehead atoms. The van der Waals surface area contributed by atoms with Gasteiger partial charge in [-0.1, -0.05) is 12.8 Å². The van der Waals surface area contributed by atoms with Crippen LogP contribution < -0.4 is 10.2 Å². The molecule has 0 aliphatic rings. The number of alkyl halides is 3. The number of hydrogen-bond donors (Lipinski definition) is 2. The van der Waals surface area contributed by atoms with Gasteiger partial charge >= 0.3 is 6.36 Å². The highest BCUT2D eigenvalue weighted by atomic mass is 32.1. The van der Waals surface area contributed by atoms with E-state index in [-0.39, 0.29) is 11.7 Å². The number of halogens is 3. The maximum absolute atomic E-state index is 12.2. The molecule has 0 radical (unpaired) electrons. The lowest BCUT2D eigenvalue weighted by Crippen LogP contribution is -2.17. The Morgan fingerprint density at radius 2 is 1.85 bits per heavy atom. The number of nitrogens with zero attached hydrogens (tertiary/aromatic N) is 1. The van der Waals surface area contributed by atoms with Crippen molar-refractivity contribution in [2.75, 3.05) is 0 Å². The number of amides is 1. The smallest absolute Gasteiger partial charge is 0.406 e. The standard InChI is InChI=1S/C17H19F3N2O3S/c18-17(19,20)25-13-9-7-12(8-10-13)14-11-26-16(21-14)6-4-2-1-3-5-15(23)22-24/h7-11,24H,1-6H2,(H,22,23). The maximum Gasteiger partial charge on any atom is 0.573 e. The minimum Gasteiger partial charge on any atom is -0.406 e. The molecule has 9 heteroatoms. The molecule has 1 aromatic carbocycles. The number of aryl methyl sites for hydroxylation is 1. The van der Waals surface area contributed by atoms with E-state index >= 15 is 0 Å². The number of carbonyl (C=O) groups is 1. The summed E-state index contributed by atoms with van der Waals surface area (Å²) < 4.78 is 40.3. The van der Waals surface area contributed by atoms with Gasteiger partial charge in [-0.05, 0) is 43.5 Å². The van der Waals surface area contributed by atoms with Gasteiger partial charge < -0.3 is 4.74 Å². The summed E-state index contributed by atoms with van der Waals surface area (Å²) >= 11 is 1.51. The molecule has 1 aromatic heterocycles. The SMILES string of the molecule is O=C(CCCCCCc1nc(-c2ccc(OC(F)(F)F)cc2)cs1)NO. The monoisotopic (exact) mass is 388 g/mol. The molecule has 0 atom stereocenters. The van der Waals surface area contributed by atoms with Crippen LogP contribution in [0, 0.1) is 0 Å². The first-order valence-electron chi connectivity index (χ1n) is 8.11. The van der Waals surface area contributed by atoms with Gasteiger partial charge in [-0.15, -0.1) is 24.5 Å². The largest absolute Gasteiger partial charge is 0.573 e. The van der Waals surface area contributed by atoms with E-state index in [0.29, 0.717) is 6.42 Å². The van der Waals surface area contributed by atoms with Gasteiger partial charge in [-0.3, -0.25) is 10.0 Å². The fourth-order valence-corrected chi connectivity index (χ4v) is 3.21. The molecule has 5 nitrogen and oxygen atoms in total. The van der Waals surface area contributed by atoms with Crippen LogP contribution in [0.5, 0.6) is 5.75 Å². The third kappa shape index (κ3) is 7.01. The molecule has 1 amide bonds. The lowest BCUT2D eigenvalue weighted by molar-refractivity contribution is -0.274. The average Bonchev–Trinajstić information content (AvgIpc) is 3.06. The maximum atomic E-state index is 12.2. The fourth-order valence-electron chi connectivity index (χ4n) is 2.36. The van der Waals surface area contributed by atoms with Crippen molar-refractivity contribution in [2.45, 2.75) is 44.9 Å². The summed E-state index contributed by atoms with van der Waals surface area (Å²) in [6, 6.07) is 5.63. The van der Waals surface area contributed by atoms with Gasteiger partial charge in [0.2, 0.25) is 5.91 Å². The quantitative estimate of drug-likeness (QED) is 0.371. The number of carbonyl (C=O) groups excluding carboxylic acids is 1. The van der Waals surface area contributed by atoms with Gasteiger partial charge in [0.05, 0.1) is 10.7 Å². The van der Waals surface area contributed by atoms with Crippen molar-refractivity contribution in [3.63, 3.8) is 0 Å². The number of nitrogens with one attached hydrogen (secondary N) is 1. The molecule has 0 fully saturated rings. The topological polar surface area (TPSA) is 71.5 Å². The second-order valence-electron chi connectivity index (χ2n) is 5.65. The van der Waals surface area contributed by atoms with Crippen molar-refractivity contribution in [3.8, 4) is 17.0 Å². The zero-order chi connectivity index (χ0) is 19.0. The zero-order valence-corrected chi connectivity index (χ0v) is 14.7. The second-order valence-corrected chi connectivity index (χ2v) is 6.59. The minimum atomic E-state index is -4.70. The Morgan fingerprint density at radius 3 is 2.50 bits per heavy atom. The first-order chi connectivity index (χ1) is 12.4. The molecule has 142 valence electrons. The van der Waals surface area contributed by atoms with E-state index in [2.05, 4.69) is 9.72 Å². The summed E-state index contributed by atoms with van der Waals surface area (Å²) in [5, 5.41) is 11.2. The average molecular weight is 388 g/mol. The van der Waals surface area contributed by atoms with Gasteiger partial charge in [-0.25, -0.2) is 10.5 Å². The molecule has 0 saturated heterocycles. The molecular weight excluding hydrogens is 369 g/mol. The highest BCUT2D eigenvalue weighted by molar-refractivity contribution is 7.09. The predicted octanol–water partition coefficient (Wildman–Crippen LogP) is 4.71.